The third-order valence-corrected chi connectivity index (χ3v) is 3.77. The number of carboxylic acids is 1. The van der Waals surface area contributed by atoms with E-state index in [2.05, 4.69) is 4.72 Å². The molecule has 100 valence electrons. The number of carbonyl (C=O) groups is 1. The molecule has 0 fully saturated rings. The van der Waals surface area contributed by atoms with Crippen LogP contribution in [0.5, 0.6) is 0 Å². The van der Waals surface area contributed by atoms with Crippen molar-refractivity contribution in [2.45, 2.75) is 19.4 Å². The van der Waals surface area contributed by atoms with Crippen molar-refractivity contribution in [3.05, 3.63) is 35.6 Å². The average Bonchev–Trinajstić information content (AvgIpc) is 2.27. The van der Waals surface area contributed by atoms with Gasteiger partial charge in [-0.05, 0) is 24.6 Å². The minimum atomic E-state index is -3.66. The van der Waals surface area contributed by atoms with Crippen molar-refractivity contribution in [1.29, 1.82) is 0 Å². The van der Waals surface area contributed by atoms with Gasteiger partial charge in [0.25, 0.3) is 0 Å². The predicted octanol–water partition coefficient (Wildman–Crippen LogP) is 1.28. The summed E-state index contributed by atoms with van der Waals surface area (Å²) in [5.74, 6) is -2.05. The Bertz CT molecular complexity index is 512. The Morgan fingerprint density at radius 1 is 1.39 bits per heavy atom. The van der Waals surface area contributed by atoms with Crippen LogP contribution in [0.3, 0.4) is 0 Å². The van der Waals surface area contributed by atoms with Crippen LogP contribution in [0.1, 0.15) is 24.9 Å². The molecule has 0 saturated carbocycles. The maximum Gasteiger partial charge on any atom is 0.304 e. The van der Waals surface area contributed by atoms with E-state index in [0.717, 1.165) is 0 Å². The van der Waals surface area contributed by atoms with Gasteiger partial charge in [-0.25, -0.2) is 17.5 Å². The molecule has 0 aliphatic carbocycles. The highest BCUT2D eigenvalue weighted by Crippen LogP contribution is 2.14. The third-order valence-electron chi connectivity index (χ3n) is 2.31. The summed E-state index contributed by atoms with van der Waals surface area (Å²) in [5, 5.41) is 8.42. The topological polar surface area (TPSA) is 83.5 Å². The highest BCUT2D eigenvalue weighted by atomic mass is 32.2. The molecule has 0 radical (unpaired) electrons. The largest absolute Gasteiger partial charge is 0.481 e. The SMILES string of the molecule is C[C@H](NS(=O)(=O)CCC(=O)O)c1ccc(F)cc1. The van der Waals surface area contributed by atoms with Crippen LogP contribution in [0.15, 0.2) is 24.3 Å². The van der Waals surface area contributed by atoms with E-state index in [4.69, 9.17) is 5.11 Å². The number of aliphatic carboxylic acids is 1. The van der Waals surface area contributed by atoms with Crippen molar-refractivity contribution in [3.63, 3.8) is 0 Å². The van der Waals surface area contributed by atoms with Gasteiger partial charge < -0.3 is 5.11 Å². The zero-order chi connectivity index (χ0) is 13.8. The molecule has 0 spiro atoms. The molecule has 1 atom stereocenters. The number of rotatable bonds is 6. The van der Waals surface area contributed by atoms with E-state index in [-0.39, 0.29) is 0 Å². The van der Waals surface area contributed by atoms with Crippen LogP contribution in [0, 0.1) is 5.82 Å². The first-order valence-electron chi connectivity index (χ1n) is 5.27. The molecule has 5 nitrogen and oxygen atoms in total. The van der Waals surface area contributed by atoms with Crippen LogP contribution in [-0.4, -0.2) is 25.2 Å². The quantitative estimate of drug-likeness (QED) is 0.819. The highest BCUT2D eigenvalue weighted by Gasteiger charge is 2.17. The standard InChI is InChI=1S/C11H14FNO4S/c1-8(9-2-4-10(12)5-3-9)13-18(16,17)7-6-11(14)15/h2-5,8,13H,6-7H2,1H3,(H,14,15)/t8-/m0/s1. The van der Waals surface area contributed by atoms with Gasteiger partial charge in [-0.15, -0.1) is 0 Å². The van der Waals surface area contributed by atoms with E-state index in [1.54, 1.807) is 6.92 Å². The monoisotopic (exact) mass is 275 g/mol. The van der Waals surface area contributed by atoms with E-state index < -0.39 is 40.0 Å². The minimum absolute atomic E-state index is 0.403. The van der Waals surface area contributed by atoms with Gasteiger partial charge in [0, 0.05) is 6.04 Å². The second-order valence-corrected chi connectivity index (χ2v) is 5.73. The van der Waals surface area contributed by atoms with Gasteiger partial charge in [0.15, 0.2) is 0 Å². The number of hydrogen-bond acceptors (Lipinski definition) is 3. The van der Waals surface area contributed by atoms with Gasteiger partial charge >= 0.3 is 5.97 Å². The number of hydrogen-bond donors (Lipinski definition) is 2. The van der Waals surface area contributed by atoms with Crippen molar-refractivity contribution in [2.75, 3.05) is 5.75 Å². The summed E-state index contributed by atoms with van der Waals surface area (Å²) in [4.78, 5) is 10.3. The summed E-state index contributed by atoms with van der Waals surface area (Å²) >= 11 is 0. The van der Waals surface area contributed by atoms with Gasteiger partial charge in [-0.3, -0.25) is 4.79 Å². The van der Waals surface area contributed by atoms with E-state index >= 15 is 0 Å². The lowest BCUT2D eigenvalue weighted by Crippen LogP contribution is -2.30. The van der Waals surface area contributed by atoms with Crippen molar-refractivity contribution >= 4 is 16.0 Å². The lowest BCUT2D eigenvalue weighted by Gasteiger charge is -2.14. The molecule has 0 aromatic heterocycles. The summed E-state index contributed by atoms with van der Waals surface area (Å²) in [7, 11) is -3.66. The van der Waals surface area contributed by atoms with Crippen LogP contribution in [0.2, 0.25) is 0 Å². The molecular weight excluding hydrogens is 261 g/mol. The van der Waals surface area contributed by atoms with Crippen molar-refractivity contribution in [2.24, 2.45) is 0 Å². The summed E-state index contributed by atoms with van der Waals surface area (Å²) in [6.45, 7) is 1.60. The fourth-order valence-electron chi connectivity index (χ4n) is 1.37. The van der Waals surface area contributed by atoms with Crippen molar-refractivity contribution < 1.29 is 22.7 Å². The molecule has 18 heavy (non-hydrogen) atoms. The zero-order valence-electron chi connectivity index (χ0n) is 9.76. The molecule has 0 heterocycles. The number of halogens is 1. The third kappa shape index (κ3) is 4.80. The summed E-state index contributed by atoms with van der Waals surface area (Å²) < 4.78 is 38.1. The van der Waals surface area contributed by atoms with E-state index in [9.17, 15) is 17.6 Å². The van der Waals surface area contributed by atoms with Crippen LogP contribution < -0.4 is 4.72 Å². The average molecular weight is 275 g/mol. The van der Waals surface area contributed by atoms with E-state index in [1.807, 2.05) is 0 Å². The fraction of sp³-hybridized carbons (Fsp3) is 0.364. The molecule has 1 aromatic carbocycles. The Balaban J connectivity index is 2.66. The molecule has 0 aliphatic rings. The Kier molecular flexibility index (Phi) is 4.80. The summed E-state index contributed by atoms with van der Waals surface area (Å²) in [6.07, 6.45) is -0.453. The first-order chi connectivity index (χ1) is 8.30. The molecule has 0 aliphatic heterocycles. The normalized spacial score (nSPS) is 13.2. The molecule has 7 heteroatoms. The Hall–Kier alpha value is -1.47. The number of carboxylic acid groups (broad SMARTS) is 1. The molecular formula is C11H14FNO4S. The molecule has 1 aromatic rings. The van der Waals surface area contributed by atoms with Gasteiger partial charge in [0.2, 0.25) is 10.0 Å². The van der Waals surface area contributed by atoms with Gasteiger partial charge in [0.05, 0.1) is 12.2 Å². The van der Waals surface area contributed by atoms with Crippen molar-refractivity contribution in [1.82, 2.24) is 4.72 Å². The second kappa shape index (κ2) is 5.92. The Morgan fingerprint density at radius 3 is 2.44 bits per heavy atom. The molecule has 1 rings (SSSR count). The van der Waals surface area contributed by atoms with E-state index in [1.165, 1.54) is 24.3 Å². The van der Waals surface area contributed by atoms with E-state index in [0.29, 0.717) is 5.56 Å². The predicted molar refractivity (Wildman–Crippen MR) is 64.0 cm³/mol. The smallest absolute Gasteiger partial charge is 0.304 e. The number of benzene rings is 1. The second-order valence-electron chi connectivity index (χ2n) is 3.85. The molecule has 2 N–H and O–H groups in total. The lowest BCUT2D eigenvalue weighted by atomic mass is 10.1. The summed E-state index contributed by atoms with van der Waals surface area (Å²) in [5.41, 5.74) is 0.607. The first kappa shape index (κ1) is 14.6. The maximum atomic E-state index is 12.7. The minimum Gasteiger partial charge on any atom is -0.481 e. The lowest BCUT2D eigenvalue weighted by molar-refractivity contribution is -0.136. The van der Waals surface area contributed by atoms with Crippen LogP contribution >= 0.6 is 0 Å². The highest BCUT2D eigenvalue weighted by molar-refractivity contribution is 7.89. The molecule has 0 bridgehead atoms. The first-order valence-corrected chi connectivity index (χ1v) is 6.92. The molecule has 0 saturated heterocycles. The van der Waals surface area contributed by atoms with Gasteiger partial charge in [-0.1, -0.05) is 12.1 Å². The van der Waals surface area contributed by atoms with Crippen LogP contribution in [0.25, 0.3) is 0 Å². The maximum absolute atomic E-state index is 12.7. The van der Waals surface area contributed by atoms with Crippen LogP contribution in [-0.2, 0) is 14.8 Å². The molecule has 0 amide bonds. The molecule has 0 unspecified atom stereocenters. The van der Waals surface area contributed by atoms with Gasteiger partial charge in [-0.2, -0.15) is 0 Å². The summed E-state index contributed by atoms with van der Waals surface area (Å²) in [6, 6.07) is 4.87. The zero-order valence-corrected chi connectivity index (χ0v) is 10.6. The number of sulfonamides is 1. The number of nitrogens with one attached hydrogen (secondary N) is 1. The fourth-order valence-corrected chi connectivity index (χ4v) is 2.61. The van der Waals surface area contributed by atoms with Gasteiger partial charge in [0.1, 0.15) is 5.82 Å². The Labute approximate surface area is 105 Å². The van der Waals surface area contributed by atoms with Crippen molar-refractivity contribution in [3.8, 4) is 0 Å². The Morgan fingerprint density at radius 2 is 1.94 bits per heavy atom. The van der Waals surface area contributed by atoms with Crippen LogP contribution in [0.4, 0.5) is 4.39 Å².